The average molecular weight is 188 g/mol. The maximum Gasteiger partial charge on any atom is 0.0456 e. The molecule has 1 aromatic heterocycles. The average Bonchev–Trinajstić information content (AvgIpc) is 2.44. The Morgan fingerprint density at radius 2 is 2.14 bits per heavy atom. The number of nitrogens with two attached hydrogens (primary N) is 1. The van der Waals surface area contributed by atoms with Crippen molar-refractivity contribution in [2.24, 2.45) is 5.73 Å². The minimum Gasteiger partial charge on any atom is -0.358 e. The van der Waals surface area contributed by atoms with Crippen LogP contribution in [0, 0.1) is 6.92 Å². The summed E-state index contributed by atoms with van der Waals surface area (Å²) < 4.78 is 0. The number of aryl methyl sites for hydroxylation is 1. The molecule has 2 heteroatoms. The third kappa shape index (κ3) is 1.80. The van der Waals surface area contributed by atoms with Gasteiger partial charge in [-0.1, -0.05) is 11.6 Å². The number of aromatic nitrogens is 1. The minimum atomic E-state index is 0.212. The quantitative estimate of drug-likeness (QED) is 0.746. The van der Waals surface area contributed by atoms with Crippen LogP contribution >= 0.6 is 0 Å². The molecule has 0 spiro atoms. The Balaban J connectivity index is 2.41. The van der Waals surface area contributed by atoms with Crippen LogP contribution in [0.25, 0.3) is 10.9 Å². The Hall–Kier alpha value is -1.28. The second-order valence-electron chi connectivity index (χ2n) is 4.07. The van der Waals surface area contributed by atoms with E-state index in [2.05, 4.69) is 36.2 Å². The summed E-state index contributed by atoms with van der Waals surface area (Å²) in [5.41, 5.74) is 9.47. The third-order valence-electron chi connectivity index (χ3n) is 2.37. The van der Waals surface area contributed by atoms with Crippen LogP contribution in [0.4, 0.5) is 0 Å². The maximum absolute atomic E-state index is 5.76. The predicted molar refractivity (Wildman–Crippen MR) is 60.4 cm³/mol. The van der Waals surface area contributed by atoms with Gasteiger partial charge >= 0.3 is 0 Å². The Bertz CT molecular complexity index is 441. The molecule has 0 aliphatic rings. The van der Waals surface area contributed by atoms with E-state index in [1.54, 1.807) is 0 Å². The molecule has 0 aliphatic carbocycles. The minimum absolute atomic E-state index is 0.212. The molecule has 2 nitrogen and oxygen atoms in total. The zero-order chi connectivity index (χ0) is 10.1. The van der Waals surface area contributed by atoms with Gasteiger partial charge < -0.3 is 10.7 Å². The number of H-pyrrole nitrogens is 1. The zero-order valence-electron chi connectivity index (χ0n) is 8.67. The van der Waals surface area contributed by atoms with E-state index >= 15 is 0 Å². The molecule has 0 fully saturated rings. The van der Waals surface area contributed by atoms with Gasteiger partial charge in [-0.05, 0) is 37.4 Å². The number of hydrogen-bond acceptors (Lipinski definition) is 1. The molecule has 14 heavy (non-hydrogen) atoms. The number of aromatic amines is 1. The van der Waals surface area contributed by atoms with Crippen LogP contribution in [0.1, 0.15) is 18.2 Å². The van der Waals surface area contributed by atoms with E-state index < -0.39 is 0 Å². The van der Waals surface area contributed by atoms with Crippen LogP contribution in [0.3, 0.4) is 0 Å². The van der Waals surface area contributed by atoms with Crippen LogP contribution in [0.2, 0.25) is 0 Å². The normalized spacial score (nSPS) is 13.4. The van der Waals surface area contributed by atoms with Gasteiger partial charge in [0.25, 0.3) is 0 Å². The predicted octanol–water partition coefficient (Wildman–Crippen LogP) is 2.37. The van der Waals surface area contributed by atoms with Crippen molar-refractivity contribution >= 4 is 10.9 Å². The van der Waals surface area contributed by atoms with Gasteiger partial charge in [-0.2, -0.15) is 0 Å². The monoisotopic (exact) mass is 188 g/mol. The lowest BCUT2D eigenvalue weighted by atomic mass is 10.1. The standard InChI is InChI=1S/C12H16N2/c1-8-3-4-12-10(5-8)7-11(14-12)6-9(2)13/h3-5,7,9,14H,6,13H2,1-2H3. The molecule has 1 aromatic carbocycles. The highest BCUT2D eigenvalue weighted by Gasteiger charge is 2.02. The first-order valence-corrected chi connectivity index (χ1v) is 4.99. The van der Waals surface area contributed by atoms with E-state index in [9.17, 15) is 0 Å². The van der Waals surface area contributed by atoms with E-state index in [0.717, 1.165) is 6.42 Å². The van der Waals surface area contributed by atoms with Crippen molar-refractivity contribution in [3.05, 3.63) is 35.5 Å². The van der Waals surface area contributed by atoms with Crippen molar-refractivity contribution < 1.29 is 0 Å². The number of rotatable bonds is 2. The van der Waals surface area contributed by atoms with Crippen molar-refractivity contribution in [3.8, 4) is 0 Å². The number of benzene rings is 1. The van der Waals surface area contributed by atoms with Gasteiger partial charge in [-0.25, -0.2) is 0 Å². The fraction of sp³-hybridized carbons (Fsp3) is 0.333. The van der Waals surface area contributed by atoms with Gasteiger partial charge in [0, 0.05) is 23.7 Å². The summed E-state index contributed by atoms with van der Waals surface area (Å²) in [6.07, 6.45) is 0.910. The van der Waals surface area contributed by atoms with Crippen molar-refractivity contribution in [1.82, 2.24) is 4.98 Å². The first kappa shape index (κ1) is 9.28. The van der Waals surface area contributed by atoms with E-state index in [4.69, 9.17) is 5.73 Å². The fourth-order valence-electron chi connectivity index (χ4n) is 1.77. The third-order valence-corrected chi connectivity index (χ3v) is 2.37. The van der Waals surface area contributed by atoms with Crippen LogP contribution in [-0.2, 0) is 6.42 Å². The summed E-state index contributed by atoms with van der Waals surface area (Å²) in [6, 6.07) is 8.83. The largest absolute Gasteiger partial charge is 0.358 e. The van der Waals surface area contributed by atoms with E-state index in [-0.39, 0.29) is 6.04 Å². The molecule has 2 rings (SSSR count). The Morgan fingerprint density at radius 3 is 2.86 bits per heavy atom. The summed E-state index contributed by atoms with van der Waals surface area (Å²) >= 11 is 0. The Kier molecular flexibility index (Phi) is 2.30. The molecule has 1 heterocycles. The summed E-state index contributed by atoms with van der Waals surface area (Å²) in [4.78, 5) is 3.37. The number of fused-ring (bicyclic) bond motifs is 1. The first-order chi connectivity index (χ1) is 6.65. The summed E-state index contributed by atoms with van der Waals surface area (Å²) in [7, 11) is 0. The molecule has 1 atom stereocenters. The Labute approximate surface area is 84.1 Å². The van der Waals surface area contributed by atoms with Crippen LogP contribution in [0.5, 0.6) is 0 Å². The fourth-order valence-corrected chi connectivity index (χ4v) is 1.77. The lowest BCUT2D eigenvalue weighted by Gasteiger charge is -2.00. The molecule has 0 aliphatic heterocycles. The molecule has 0 radical (unpaired) electrons. The van der Waals surface area contributed by atoms with Crippen molar-refractivity contribution in [2.75, 3.05) is 0 Å². The molecule has 1 unspecified atom stereocenters. The topological polar surface area (TPSA) is 41.8 Å². The highest BCUT2D eigenvalue weighted by molar-refractivity contribution is 5.81. The van der Waals surface area contributed by atoms with Gasteiger partial charge in [0.1, 0.15) is 0 Å². The van der Waals surface area contributed by atoms with Gasteiger partial charge in [-0.3, -0.25) is 0 Å². The smallest absolute Gasteiger partial charge is 0.0456 e. The molecule has 0 saturated heterocycles. The second-order valence-corrected chi connectivity index (χ2v) is 4.07. The summed E-state index contributed by atoms with van der Waals surface area (Å²) in [6.45, 7) is 4.13. The molecule has 0 bridgehead atoms. The molecule has 3 N–H and O–H groups in total. The molecule has 74 valence electrons. The lowest BCUT2D eigenvalue weighted by molar-refractivity contribution is 0.727. The first-order valence-electron chi connectivity index (χ1n) is 4.99. The van der Waals surface area contributed by atoms with Crippen LogP contribution in [-0.4, -0.2) is 11.0 Å². The zero-order valence-corrected chi connectivity index (χ0v) is 8.67. The molecular weight excluding hydrogens is 172 g/mol. The number of hydrogen-bond donors (Lipinski definition) is 2. The van der Waals surface area contributed by atoms with Gasteiger partial charge in [0.15, 0.2) is 0 Å². The van der Waals surface area contributed by atoms with Crippen molar-refractivity contribution in [1.29, 1.82) is 0 Å². The van der Waals surface area contributed by atoms with Gasteiger partial charge in [-0.15, -0.1) is 0 Å². The van der Waals surface area contributed by atoms with Crippen molar-refractivity contribution in [2.45, 2.75) is 26.3 Å². The molecule has 2 aromatic rings. The lowest BCUT2D eigenvalue weighted by Crippen LogP contribution is -2.17. The van der Waals surface area contributed by atoms with Gasteiger partial charge in [0.2, 0.25) is 0 Å². The SMILES string of the molecule is Cc1ccc2[nH]c(CC(C)N)cc2c1. The molecule has 0 saturated carbocycles. The summed E-state index contributed by atoms with van der Waals surface area (Å²) in [5, 5.41) is 1.28. The Morgan fingerprint density at radius 1 is 1.36 bits per heavy atom. The van der Waals surface area contributed by atoms with Crippen molar-refractivity contribution in [3.63, 3.8) is 0 Å². The molecular formula is C12H16N2. The second kappa shape index (κ2) is 3.46. The van der Waals surface area contributed by atoms with Crippen LogP contribution in [0.15, 0.2) is 24.3 Å². The number of nitrogens with one attached hydrogen (secondary N) is 1. The maximum atomic E-state index is 5.76. The van der Waals surface area contributed by atoms with E-state index in [1.807, 2.05) is 6.92 Å². The highest BCUT2D eigenvalue weighted by atomic mass is 14.7. The van der Waals surface area contributed by atoms with E-state index in [0.29, 0.717) is 0 Å². The summed E-state index contributed by atoms with van der Waals surface area (Å²) in [5.74, 6) is 0. The van der Waals surface area contributed by atoms with Gasteiger partial charge in [0.05, 0.1) is 0 Å². The van der Waals surface area contributed by atoms with E-state index in [1.165, 1.54) is 22.2 Å². The molecule has 0 amide bonds. The van der Waals surface area contributed by atoms with Crippen LogP contribution < -0.4 is 5.73 Å². The highest BCUT2D eigenvalue weighted by Crippen LogP contribution is 2.17.